The number of nitrogens with zero attached hydrogens (tertiary/aromatic N) is 1. The fourth-order valence-electron chi connectivity index (χ4n) is 12.2. The molecule has 1 aromatic carbocycles. The summed E-state index contributed by atoms with van der Waals surface area (Å²) in [7, 11) is 0. The number of hydrogen-bond acceptors (Lipinski definition) is 3. The number of rotatable bonds is 7. The highest BCUT2D eigenvalue weighted by molar-refractivity contribution is 7.12. The molecule has 1 fully saturated rings. The van der Waals surface area contributed by atoms with Gasteiger partial charge in [0.25, 0.3) is 0 Å². The van der Waals surface area contributed by atoms with Crippen molar-refractivity contribution in [3.05, 3.63) is 205 Å². The zero-order chi connectivity index (χ0) is 40.3. The van der Waals surface area contributed by atoms with Crippen LogP contribution in [0.3, 0.4) is 0 Å². The lowest BCUT2D eigenvalue weighted by molar-refractivity contribution is 0.0885. The van der Waals surface area contributed by atoms with Gasteiger partial charge in [0.1, 0.15) is 0 Å². The SMILES string of the molecule is C1=CC2=C(C=C(C3=CC=C(N(C4=CCC(C5=CC6C(C=C5)OC5C(c7ccccc7)=CCCC56)C=C4)C4C=CC(C5CC=Cc6c5sc5c6C=CCC5)=CC4)CC3)CC2)CC1. The summed E-state index contributed by atoms with van der Waals surface area (Å²) in [6.07, 6.45) is 61.9. The van der Waals surface area contributed by atoms with Gasteiger partial charge in [-0.15, -0.1) is 11.3 Å². The van der Waals surface area contributed by atoms with E-state index in [2.05, 4.69) is 162 Å². The Labute approximate surface area is 367 Å². The van der Waals surface area contributed by atoms with Crippen LogP contribution in [0.4, 0.5) is 0 Å². The Morgan fingerprint density at radius 2 is 1.54 bits per heavy atom. The second-order valence-electron chi connectivity index (χ2n) is 18.8. The largest absolute Gasteiger partial charge is 0.365 e. The smallest absolute Gasteiger partial charge is 0.0870 e. The Hall–Kier alpha value is -4.96. The lowest BCUT2D eigenvalue weighted by atomic mass is 9.73. The molecule has 0 saturated carbocycles. The number of allylic oxidation sites excluding steroid dienone is 20. The third-order valence-electron chi connectivity index (χ3n) is 15.4. The predicted molar refractivity (Wildman–Crippen MR) is 255 cm³/mol. The van der Waals surface area contributed by atoms with E-state index in [9.17, 15) is 0 Å². The zero-order valence-electron chi connectivity index (χ0n) is 35.4. The van der Waals surface area contributed by atoms with Gasteiger partial charge in [0, 0.05) is 38.9 Å². The van der Waals surface area contributed by atoms with Crippen molar-refractivity contribution in [3.8, 4) is 0 Å². The Morgan fingerprint density at radius 1 is 0.656 bits per heavy atom. The van der Waals surface area contributed by atoms with Gasteiger partial charge in [-0.05, 0) is 157 Å². The Kier molecular flexibility index (Phi) is 9.95. The average Bonchev–Trinajstić information content (AvgIpc) is 3.91. The van der Waals surface area contributed by atoms with E-state index in [1.807, 2.05) is 0 Å². The Balaban J connectivity index is 0.805. The van der Waals surface area contributed by atoms with Crippen molar-refractivity contribution in [3.63, 3.8) is 0 Å². The highest BCUT2D eigenvalue weighted by atomic mass is 32.1. The topological polar surface area (TPSA) is 12.5 Å². The molecular formula is C58H57NOS. The normalized spacial score (nSPS) is 30.8. The summed E-state index contributed by atoms with van der Waals surface area (Å²) < 4.78 is 6.83. The molecule has 0 bridgehead atoms. The van der Waals surface area contributed by atoms with E-state index in [0.717, 1.165) is 38.5 Å². The number of hydrogen-bond donors (Lipinski definition) is 0. The van der Waals surface area contributed by atoms with Crippen molar-refractivity contribution in [2.24, 2.45) is 17.8 Å². The quantitative estimate of drug-likeness (QED) is 0.276. The molecule has 306 valence electrons. The highest BCUT2D eigenvalue weighted by Crippen LogP contribution is 2.50. The second kappa shape index (κ2) is 16.1. The van der Waals surface area contributed by atoms with Gasteiger partial charge in [-0.25, -0.2) is 0 Å². The van der Waals surface area contributed by atoms with Gasteiger partial charge in [0.05, 0.1) is 18.2 Å². The first-order valence-electron chi connectivity index (χ1n) is 23.6. The van der Waals surface area contributed by atoms with Crippen LogP contribution in [0.1, 0.15) is 109 Å². The first-order chi connectivity index (χ1) is 30.2. The van der Waals surface area contributed by atoms with Crippen LogP contribution in [0.2, 0.25) is 0 Å². The molecule has 2 heterocycles. The average molecular weight is 816 g/mol. The van der Waals surface area contributed by atoms with Gasteiger partial charge in [-0.1, -0.05) is 134 Å². The molecule has 3 heteroatoms. The molecule has 1 aliphatic heterocycles. The molecule has 9 aliphatic carbocycles. The summed E-state index contributed by atoms with van der Waals surface area (Å²) >= 11 is 2.08. The summed E-state index contributed by atoms with van der Waals surface area (Å²) in [5, 5.41) is 0. The molecule has 61 heavy (non-hydrogen) atoms. The summed E-state index contributed by atoms with van der Waals surface area (Å²) in [6, 6.07) is 11.2. The number of thiophene rings is 1. The van der Waals surface area contributed by atoms with Gasteiger partial charge in [-0.3, -0.25) is 0 Å². The minimum absolute atomic E-state index is 0.172. The number of aryl methyl sites for hydroxylation is 1. The molecule has 0 radical (unpaired) electrons. The lowest BCUT2D eigenvalue weighted by Crippen LogP contribution is -2.34. The van der Waals surface area contributed by atoms with Crippen molar-refractivity contribution < 1.29 is 4.74 Å². The molecular weight excluding hydrogens is 759 g/mol. The van der Waals surface area contributed by atoms with Gasteiger partial charge < -0.3 is 9.64 Å². The molecule has 2 aromatic rings. The maximum atomic E-state index is 6.83. The van der Waals surface area contributed by atoms with Crippen LogP contribution in [-0.2, 0) is 11.2 Å². The molecule has 0 N–H and O–H groups in total. The summed E-state index contributed by atoms with van der Waals surface area (Å²) in [4.78, 5) is 5.88. The highest BCUT2D eigenvalue weighted by Gasteiger charge is 2.46. The third-order valence-corrected chi connectivity index (χ3v) is 16.8. The zero-order valence-corrected chi connectivity index (χ0v) is 36.2. The van der Waals surface area contributed by atoms with Crippen molar-refractivity contribution in [1.29, 1.82) is 0 Å². The minimum atomic E-state index is 0.172. The third kappa shape index (κ3) is 6.97. The van der Waals surface area contributed by atoms with E-state index in [1.54, 1.807) is 32.0 Å². The molecule has 10 aliphatic rings. The van der Waals surface area contributed by atoms with Crippen molar-refractivity contribution in [2.75, 3.05) is 0 Å². The van der Waals surface area contributed by atoms with Crippen LogP contribution in [0, 0.1) is 17.8 Å². The molecule has 1 aromatic heterocycles. The summed E-state index contributed by atoms with van der Waals surface area (Å²) in [6.45, 7) is 0. The number of benzene rings is 1. The van der Waals surface area contributed by atoms with Gasteiger partial charge in [0.2, 0.25) is 0 Å². The Morgan fingerprint density at radius 3 is 2.41 bits per heavy atom. The first-order valence-corrected chi connectivity index (χ1v) is 24.4. The number of ether oxygens (including phenoxy) is 1. The van der Waals surface area contributed by atoms with E-state index in [4.69, 9.17) is 4.74 Å². The predicted octanol–water partition coefficient (Wildman–Crippen LogP) is 14.6. The first kappa shape index (κ1) is 37.8. The van der Waals surface area contributed by atoms with Crippen LogP contribution in [0.25, 0.3) is 17.7 Å². The van der Waals surface area contributed by atoms with Crippen molar-refractivity contribution in [2.45, 2.75) is 108 Å². The van der Waals surface area contributed by atoms with Gasteiger partial charge >= 0.3 is 0 Å². The lowest BCUT2D eigenvalue weighted by Gasteiger charge is -2.39. The van der Waals surface area contributed by atoms with Crippen LogP contribution in [0.15, 0.2) is 178 Å². The molecule has 0 amide bonds. The second-order valence-corrected chi connectivity index (χ2v) is 20.0. The molecule has 0 spiro atoms. The minimum Gasteiger partial charge on any atom is -0.365 e. The van der Waals surface area contributed by atoms with Crippen molar-refractivity contribution >= 4 is 29.1 Å². The fourth-order valence-corrected chi connectivity index (χ4v) is 13.7. The van der Waals surface area contributed by atoms with E-state index in [1.165, 1.54) is 89.7 Å². The van der Waals surface area contributed by atoms with Crippen LogP contribution in [-0.4, -0.2) is 23.1 Å². The van der Waals surface area contributed by atoms with E-state index in [0.29, 0.717) is 29.7 Å². The van der Waals surface area contributed by atoms with E-state index in [-0.39, 0.29) is 12.2 Å². The standard InChI is InChI=1S/C58H57NOS/c1-2-11-41(12-3-1)49-15-8-17-52-54-37-45(28-35-55(54)60-57(49)52)40-24-31-47(32-25-40)59(46-29-22-39(23-30-46)44-21-20-38-10-4-5-13-43(38)36-44)48-33-26-42(27-34-48)50-16-9-18-53-51-14-6-7-19-56(51)61-58(50)53/h1-4,6,9-12,14-15,18,22,24,26-29,31-33,35-37,40,48,50,52,54-55,57H,5,7-8,13,16-17,19-21,23,25,30,34H2. The van der Waals surface area contributed by atoms with E-state index < -0.39 is 0 Å². The van der Waals surface area contributed by atoms with Gasteiger partial charge in [-0.2, -0.15) is 0 Å². The van der Waals surface area contributed by atoms with Crippen LogP contribution < -0.4 is 0 Å². The van der Waals surface area contributed by atoms with Crippen molar-refractivity contribution in [1.82, 2.24) is 4.90 Å². The van der Waals surface area contributed by atoms with Gasteiger partial charge in [0.15, 0.2) is 0 Å². The summed E-state index contributed by atoms with van der Waals surface area (Å²) in [5.74, 6) is 1.83. The fraction of sp³-hybridized carbons (Fsp3) is 0.345. The molecule has 7 atom stereocenters. The molecule has 7 unspecified atom stereocenters. The monoisotopic (exact) mass is 815 g/mol. The summed E-state index contributed by atoms with van der Waals surface area (Å²) in [5.41, 5.74) is 17.7. The molecule has 2 nitrogen and oxygen atoms in total. The Bertz CT molecular complexity index is 2580. The van der Waals surface area contributed by atoms with E-state index >= 15 is 0 Å². The maximum Gasteiger partial charge on any atom is 0.0870 e. The maximum absolute atomic E-state index is 6.83. The van der Waals surface area contributed by atoms with Crippen LogP contribution in [0.5, 0.6) is 0 Å². The molecule has 1 saturated heterocycles. The molecule has 12 rings (SSSR count). The number of fused-ring (bicyclic) bond motifs is 6. The van der Waals surface area contributed by atoms with Crippen LogP contribution >= 0.6 is 11.3 Å².